The summed E-state index contributed by atoms with van der Waals surface area (Å²) < 4.78 is 5.57. The first kappa shape index (κ1) is 21.9. The molecular formula is C26H24ClNO4. The van der Waals surface area contributed by atoms with Crippen LogP contribution in [0.5, 0.6) is 5.75 Å². The first-order valence-corrected chi connectivity index (χ1v) is 10.8. The van der Waals surface area contributed by atoms with E-state index in [9.17, 15) is 14.7 Å². The van der Waals surface area contributed by atoms with Crippen molar-refractivity contribution in [1.29, 1.82) is 0 Å². The molecule has 5 nitrogen and oxygen atoms in total. The maximum atomic E-state index is 13.7. The predicted molar refractivity (Wildman–Crippen MR) is 124 cm³/mol. The van der Waals surface area contributed by atoms with E-state index in [-0.39, 0.29) is 11.8 Å². The second-order valence-electron chi connectivity index (χ2n) is 8.03. The van der Waals surface area contributed by atoms with E-state index in [1.54, 1.807) is 25.3 Å². The zero-order valence-corrected chi connectivity index (χ0v) is 18.6. The minimum Gasteiger partial charge on any atom is -0.496 e. The first-order valence-electron chi connectivity index (χ1n) is 10.5. The molecule has 2 unspecified atom stereocenters. The van der Waals surface area contributed by atoms with Gasteiger partial charge in [-0.05, 0) is 47.7 Å². The molecule has 0 bridgehead atoms. The monoisotopic (exact) mass is 449 g/mol. The van der Waals surface area contributed by atoms with Crippen LogP contribution in [0.4, 0.5) is 0 Å². The summed E-state index contributed by atoms with van der Waals surface area (Å²) in [5, 5.41) is 10.4. The van der Waals surface area contributed by atoms with Crippen molar-refractivity contribution in [2.75, 3.05) is 7.11 Å². The number of nitrogens with zero attached hydrogens (tertiary/aromatic N) is 1. The standard InChI is InChI=1S/C26H24ClNO4/c1-16-14-22(26(30)31)28(24(16)20-10-6-7-11-21(20)27)25(29)18-12-13-19(23(15-18)32-2)17-8-4-3-5-9-17/h3-13,15-16,22,24H,14H2,1-2H3,(H,30,31)/t16?,22-,24?/m0/s1. The molecule has 0 aromatic heterocycles. The zero-order chi connectivity index (χ0) is 22.8. The van der Waals surface area contributed by atoms with Crippen molar-refractivity contribution in [3.8, 4) is 16.9 Å². The summed E-state index contributed by atoms with van der Waals surface area (Å²) in [5.41, 5.74) is 2.96. The van der Waals surface area contributed by atoms with Crippen LogP contribution >= 0.6 is 11.6 Å². The van der Waals surface area contributed by atoms with E-state index in [1.165, 1.54) is 4.90 Å². The second-order valence-corrected chi connectivity index (χ2v) is 8.43. The first-order chi connectivity index (χ1) is 15.4. The number of ether oxygens (including phenoxy) is 1. The maximum absolute atomic E-state index is 13.7. The van der Waals surface area contributed by atoms with Crippen molar-refractivity contribution >= 4 is 23.5 Å². The van der Waals surface area contributed by atoms with Crippen molar-refractivity contribution in [2.45, 2.75) is 25.4 Å². The minimum absolute atomic E-state index is 0.0644. The van der Waals surface area contributed by atoms with E-state index in [0.29, 0.717) is 22.8 Å². The maximum Gasteiger partial charge on any atom is 0.326 e. The number of aliphatic carboxylic acids is 1. The molecule has 0 aliphatic carbocycles. The predicted octanol–water partition coefficient (Wildman–Crippen LogP) is 5.69. The molecule has 6 heteroatoms. The van der Waals surface area contributed by atoms with Gasteiger partial charge in [-0.15, -0.1) is 0 Å². The number of likely N-dealkylation sites (tertiary alicyclic amines) is 1. The molecule has 4 rings (SSSR count). The SMILES string of the molecule is COc1cc(C(=O)N2C(c3ccccc3Cl)C(C)C[C@H]2C(=O)O)ccc1-c1ccccc1. The van der Waals surface area contributed by atoms with Crippen LogP contribution in [0.25, 0.3) is 11.1 Å². The Morgan fingerprint density at radius 1 is 1.03 bits per heavy atom. The lowest BCUT2D eigenvalue weighted by atomic mass is 9.94. The fourth-order valence-electron chi connectivity index (χ4n) is 4.55. The molecule has 3 atom stereocenters. The average molecular weight is 450 g/mol. The molecule has 1 amide bonds. The number of benzene rings is 3. The summed E-state index contributed by atoms with van der Waals surface area (Å²) in [4.78, 5) is 27.2. The Bertz CT molecular complexity index is 1150. The van der Waals surface area contributed by atoms with Crippen LogP contribution in [0.3, 0.4) is 0 Å². The number of rotatable bonds is 5. The van der Waals surface area contributed by atoms with Gasteiger partial charge < -0.3 is 14.7 Å². The molecule has 1 N–H and O–H groups in total. The summed E-state index contributed by atoms with van der Waals surface area (Å²) >= 11 is 6.44. The fraction of sp³-hybridized carbons (Fsp3) is 0.231. The normalized spacial score (nSPS) is 20.2. The molecule has 1 aliphatic rings. The lowest BCUT2D eigenvalue weighted by Crippen LogP contribution is -2.42. The number of amides is 1. The number of carbonyl (C=O) groups excluding carboxylic acids is 1. The van der Waals surface area contributed by atoms with Crippen LogP contribution in [0, 0.1) is 5.92 Å². The van der Waals surface area contributed by atoms with E-state index in [2.05, 4.69) is 0 Å². The number of carbonyl (C=O) groups is 2. The van der Waals surface area contributed by atoms with Crippen molar-refractivity contribution < 1.29 is 19.4 Å². The van der Waals surface area contributed by atoms with E-state index in [4.69, 9.17) is 16.3 Å². The number of methoxy groups -OCH3 is 1. The largest absolute Gasteiger partial charge is 0.496 e. The van der Waals surface area contributed by atoms with Crippen LogP contribution in [-0.4, -0.2) is 35.0 Å². The highest BCUT2D eigenvalue weighted by Gasteiger charge is 2.46. The number of hydrogen-bond donors (Lipinski definition) is 1. The molecule has 1 aliphatic heterocycles. The lowest BCUT2D eigenvalue weighted by Gasteiger charge is -2.31. The van der Waals surface area contributed by atoms with E-state index in [0.717, 1.165) is 16.7 Å². The van der Waals surface area contributed by atoms with Crippen LogP contribution in [0.1, 0.15) is 35.3 Å². The van der Waals surface area contributed by atoms with Gasteiger partial charge in [0.15, 0.2) is 0 Å². The highest BCUT2D eigenvalue weighted by atomic mass is 35.5. The number of carboxylic acids is 1. The molecular weight excluding hydrogens is 426 g/mol. The Kier molecular flexibility index (Phi) is 6.19. The molecule has 1 heterocycles. The van der Waals surface area contributed by atoms with Gasteiger partial charge in [-0.2, -0.15) is 0 Å². The summed E-state index contributed by atoms with van der Waals surface area (Å²) in [5.74, 6) is -0.891. The third kappa shape index (κ3) is 3.96. The van der Waals surface area contributed by atoms with Gasteiger partial charge in [-0.1, -0.05) is 67.1 Å². The Labute approximate surface area is 192 Å². The Hall–Kier alpha value is -3.31. The molecule has 0 radical (unpaired) electrons. The Balaban J connectivity index is 1.77. The van der Waals surface area contributed by atoms with Crippen LogP contribution in [-0.2, 0) is 4.79 Å². The van der Waals surface area contributed by atoms with Crippen LogP contribution in [0.15, 0.2) is 72.8 Å². The second kappa shape index (κ2) is 9.05. The van der Waals surface area contributed by atoms with Gasteiger partial charge in [-0.3, -0.25) is 4.79 Å². The minimum atomic E-state index is -1.02. The van der Waals surface area contributed by atoms with Gasteiger partial charge in [0.05, 0.1) is 13.2 Å². The Morgan fingerprint density at radius 3 is 2.38 bits per heavy atom. The fourth-order valence-corrected chi connectivity index (χ4v) is 4.80. The molecule has 1 fully saturated rings. The van der Waals surface area contributed by atoms with Gasteiger partial charge in [0.25, 0.3) is 5.91 Å². The van der Waals surface area contributed by atoms with Gasteiger partial charge in [0.2, 0.25) is 0 Å². The summed E-state index contributed by atoms with van der Waals surface area (Å²) in [6.45, 7) is 1.95. The molecule has 3 aromatic carbocycles. The van der Waals surface area contributed by atoms with Crippen LogP contribution < -0.4 is 4.74 Å². The Morgan fingerprint density at radius 2 is 1.72 bits per heavy atom. The third-order valence-electron chi connectivity index (χ3n) is 6.05. The summed E-state index contributed by atoms with van der Waals surface area (Å²) in [7, 11) is 1.56. The summed E-state index contributed by atoms with van der Waals surface area (Å²) in [6, 6.07) is 20.9. The quantitative estimate of drug-likeness (QED) is 0.543. The molecule has 32 heavy (non-hydrogen) atoms. The highest BCUT2D eigenvalue weighted by Crippen LogP contribution is 2.44. The number of hydrogen-bond acceptors (Lipinski definition) is 3. The molecule has 3 aromatic rings. The molecule has 1 saturated heterocycles. The van der Waals surface area contributed by atoms with Crippen molar-refractivity contribution in [3.05, 3.63) is 88.9 Å². The molecule has 164 valence electrons. The van der Waals surface area contributed by atoms with Crippen molar-refractivity contribution in [2.24, 2.45) is 5.92 Å². The van der Waals surface area contributed by atoms with Crippen LogP contribution in [0.2, 0.25) is 5.02 Å². The molecule has 0 spiro atoms. The smallest absolute Gasteiger partial charge is 0.326 e. The van der Waals surface area contributed by atoms with E-state index >= 15 is 0 Å². The van der Waals surface area contributed by atoms with Crippen molar-refractivity contribution in [1.82, 2.24) is 4.90 Å². The van der Waals surface area contributed by atoms with Gasteiger partial charge in [0, 0.05) is 16.1 Å². The van der Waals surface area contributed by atoms with Crippen molar-refractivity contribution in [3.63, 3.8) is 0 Å². The van der Waals surface area contributed by atoms with Gasteiger partial charge in [-0.25, -0.2) is 4.79 Å². The lowest BCUT2D eigenvalue weighted by molar-refractivity contribution is -0.141. The summed E-state index contributed by atoms with van der Waals surface area (Å²) in [6.07, 6.45) is 0.357. The highest BCUT2D eigenvalue weighted by molar-refractivity contribution is 6.31. The van der Waals surface area contributed by atoms with Gasteiger partial charge in [0.1, 0.15) is 11.8 Å². The van der Waals surface area contributed by atoms with E-state index in [1.807, 2.05) is 61.5 Å². The number of halogens is 1. The third-order valence-corrected chi connectivity index (χ3v) is 6.39. The number of carboxylic acid groups (broad SMARTS) is 1. The zero-order valence-electron chi connectivity index (χ0n) is 17.9. The topological polar surface area (TPSA) is 66.8 Å². The van der Waals surface area contributed by atoms with E-state index < -0.39 is 18.1 Å². The van der Waals surface area contributed by atoms with Gasteiger partial charge >= 0.3 is 5.97 Å². The molecule has 0 saturated carbocycles. The average Bonchev–Trinajstić information content (AvgIpc) is 3.16.